The van der Waals surface area contributed by atoms with Crippen LogP contribution in [0.5, 0.6) is 0 Å². The van der Waals surface area contributed by atoms with Crippen LogP contribution < -0.4 is 10.6 Å². The number of amides is 2. The zero-order chi connectivity index (χ0) is 31.4. The van der Waals surface area contributed by atoms with E-state index in [9.17, 15) is 14.7 Å². The lowest BCUT2D eigenvalue weighted by atomic mass is 9.89. The minimum absolute atomic E-state index is 0.145. The van der Waals surface area contributed by atoms with Crippen LogP contribution in [0.1, 0.15) is 43.0 Å². The van der Waals surface area contributed by atoms with Gasteiger partial charge >= 0.3 is 6.09 Å². The Morgan fingerprint density at radius 3 is 1.30 bits per heavy atom. The number of benzene rings is 4. The molecule has 0 aromatic heterocycles. The average Bonchev–Trinajstić information content (AvgIpc) is 3.01. The summed E-state index contributed by atoms with van der Waals surface area (Å²) in [6.07, 6.45) is 0.131. The summed E-state index contributed by atoms with van der Waals surface area (Å²) < 4.78 is 5.56. The van der Waals surface area contributed by atoms with Crippen molar-refractivity contribution in [2.75, 3.05) is 0 Å². The van der Waals surface area contributed by atoms with Crippen molar-refractivity contribution >= 4 is 12.0 Å². The van der Waals surface area contributed by atoms with Gasteiger partial charge in [-0.25, -0.2) is 4.79 Å². The molecule has 2 amide bonds. The van der Waals surface area contributed by atoms with Crippen molar-refractivity contribution in [3.8, 4) is 0 Å². The number of ether oxygens (including phenoxy) is 1. The Labute approximate surface area is 261 Å². The van der Waals surface area contributed by atoms with Gasteiger partial charge < -0.3 is 20.5 Å². The number of aliphatic hydroxyl groups excluding tert-OH is 1. The van der Waals surface area contributed by atoms with Crippen molar-refractivity contribution in [1.29, 1.82) is 0 Å². The van der Waals surface area contributed by atoms with E-state index in [-0.39, 0.29) is 11.8 Å². The van der Waals surface area contributed by atoms with E-state index < -0.39 is 29.9 Å². The van der Waals surface area contributed by atoms with E-state index in [1.807, 2.05) is 121 Å². The smallest absolute Gasteiger partial charge is 0.407 e. The normalized spacial score (nSPS) is 13.5. The second-order valence-electron chi connectivity index (χ2n) is 12.3. The molecule has 0 radical (unpaired) electrons. The highest BCUT2D eigenvalue weighted by molar-refractivity contribution is 5.80. The summed E-state index contributed by atoms with van der Waals surface area (Å²) in [5.41, 5.74) is 3.35. The number of carbonyl (C=O) groups is 2. The van der Waals surface area contributed by atoms with Crippen LogP contribution in [-0.2, 0) is 35.2 Å². The Kier molecular flexibility index (Phi) is 11.7. The van der Waals surface area contributed by atoms with Crippen LogP contribution >= 0.6 is 0 Å². The van der Waals surface area contributed by atoms with E-state index in [1.54, 1.807) is 20.8 Å². The average molecular weight is 593 g/mol. The number of carbonyl (C=O) groups excluding carboxylic acids is 2. The van der Waals surface area contributed by atoms with Crippen LogP contribution in [0.2, 0.25) is 0 Å². The highest BCUT2D eigenvalue weighted by atomic mass is 16.6. The molecule has 0 aliphatic carbocycles. The zero-order valence-electron chi connectivity index (χ0n) is 25.9. The number of hydrogen-bond donors (Lipinski definition) is 3. The monoisotopic (exact) mass is 592 g/mol. The molecule has 3 unspecified atom stereocenters. The molecular formula is C38H44N2O4. The first-order chi connectivity index (χ1) is 21.2. The summed E-state index contributed by atoms with van der Waals surface area (Å²) in [5, 5.41) is 18.1. The Balaban J connectivity index is 1.62. The predicted octanol–water partition coefficient (Wildman–Crippen LogP) is 6.31. The summed E-state index contributed by atoms with van der Waals surface area (Å²) in [4.78, 5) is 27.1. The third kappa shape index (κ3) is 10.7. The van der Waals surface area contributed by atoms with Crippen molar-refractivity contribution in [3.05, 3.63) is 144 Å². The van der Waals surface area contributed by atoms with Gasteiger partial charge in [0.15, 0.2) is 0 Å². The lowest BCUT2D eigenvalue weighted by Crippen LogP contribution is -2.57. The van der Waals surface area contributed by atoms with Gasteiger partial charge in [0.1, 0.15) is 5.60 Å². The molecule has 44 heavy (non-hydrogen) atoms. The summed E-state index contributed by atoms with van der Waals surface area (Å²) in [7, 11) is 0. The van der Waals surface area contributed by atoms with Crippen LogP contribution in [0.3, 0.4) is 0 Å². The van der Waals surface area contributed by atoms with E-state index in [2.05, 4.69) is 10.6 Å². The third-order valence-electron chi connectivity index (χ3n) is 7.47. The molecule has 0 saturated heterocycles. The molecule has 0 aliphatic heterocycles. The Morgan fingerprint density at radius 2 is 0.932 bits per heavy atom. The maximum absolute atomic E-state index is 14.1. The molecule has 4 aromatic rings. The minimum atomic E-state index is -1.11. The quantitative estimate of drug-likeness (QED) is 0.170. The first-order valence-corrected chi connectivity index (χ1v) is 15.3. The second kappa shape index (κ2) is 15.9. The molecule has 0 fully saturated rings. The Morgan fingerprint density at radius 1 is 0.591 bits per heavy atom. The van der Waals surface area contributed by atoms with Gasteiger partial charge in [0.25, 0.3) is 0 Å². The Hall–Kier alpha value is -4.42. The van der Waals surface area contributed by atoms with Gasteiger partial charge in [0.2, 0.25) is 5.91 Å². The fraction of sp³-hybridized carbons (Fsp3) is 0.316. The fourth-order valence-corrected chi connectivity index (χ4v) is 5.35. The predicted molar refractivity (Wildman–Crippen MR) is 175 cm³/mol. The molecule has 0 aliphatic rings. The van der Waals surface area contributed by atoms with E-state index >= 15 is 0 Å². The van der Waals surface area contributed by atoms with Gasteiger partial charge in [-0.3, -0.25) is 4.79 Å². The summed E-state index contributed by atoms with van der Waals surface area (Å²) in [5.74, 6) is -0.509. The molecule has 4 rings (SSSR count). The van der Waals surface area contributed by atoms with Crippen LogP contribution in [0.25, 0.3) is 0 Å². The van der Waals surface area contributed by atoms with E-state index in [4.69, 9.17) is 4.74 Å². The van der Waals surface area contributed by atoms with Crippen LogP contribution in [0.15, 0.2) is 121 Å². The maximum atomic E-state index is 14.1. The first-order valence-electron chi connectivity index (χ1n) is 15.3. The van der Waals surface area contributed by atoms with E-state index in [0.29, 0.717) is 25.7 Å². The molecule has 6 heteroatoms. The maximum Gasteiger partial charge on any atom is 0.407 e. The SMILES string of the molecule is CC(C)(C)OC(=O)NC(Cc1ccccc1)C(O)C(Cc1ccccc1)NC(=O)C(Cc1ccccc1)Cc1ccccc1. The molecule has 4 aromatic carbocycles. The van der Waals surface area contributed by atoms with Crippen molar-refractivity contribution in [3.63, 3.8) is 0 Å². The number of rotatable bonds is 13. The van der Waals surface area contributed by atoms with Crippen molar-refractivity contribution in [2.45, 2.75) is 70.2 Å². The van der Waals surface area contributed by atoms with Crippen molar-refractivity contribution in [2.24, 2.45) is 5.92 Å². The molecule has 0 spiro atoms. The lowest BCUT2D eigenvalue weighted by molar-refractivity contribution is -0.126. The zero-order valence-corrected chi connectivity index (χ0v) is 25.9. The van der Waals surface area contributed by atoms with Gasteiger partial charge in [-0.1, -0.05) is 121 Å². The molecule has 0 heterocycles. The van der Waals surface area contributed by atoms with Crippen LogP contribution in [-0.4, -0.2) is 40.9 Å². The van der Waals surface area contributed by atoms with Crippen molar-refractivity contribution < 1.29 is 19.4 Å². The van der Waals surface area contributed by atoms with Gasteiger partial charge in [-0.05, 0) is 68.7 Å². The molecule has 0 saturated carbocycles. The topological polar surface area (TPSA) is 87.7 Å². The largest absolute Gasteiger partial charge is 0.444 e. The Bertz CT molecular complexity index is 1380. The van der Waals surface area contributed by atoms with E-state index in [0.717, 1.165) is 22.3 Å². The van der Waals surface area contributed by atoms with Crippen molar-refractivity contribution in [1.82, 2.24) is 10.6 Å². The van der Waals surface area contributed by atoms with Gasteiger partial charge in [0.05, 0.1) is 18.2 Å². The summed E-state index contributed by atoms with van der Waals surface area (Å²) >= 11 is 0. The fourth-order valence-electron chi connectivity index (χ4n) is 5.35. The third-order valence-corrected chi connectivity index (χ3v) is 7.47. The standard InChI is InChI=1S/C38H44N2O4/c1-38(2,3)44-37(43)40-34(27-31-22-14-7-15-23-31)35(41)33(26-30-20-12-6-13-21-30)39-36(42)32(24-28-16-8-4-9-17-28)25-29-18-10-5-11-19-29/h4-23,32-35,41H,24-27H2,1-3H3,(H,39,42)(H,40,43). The number of aliphatic hydroxyl groups is 1. The molecule has 0 bridgehead atoms. The minimum Gasteiger partial charge on any atom is -0.444 e. The second-order valence-corrected chi connectivity index (χ2v) is 12.3. The van der Waals surface area contributed by atoms with E-state index in [1.165, 1.54) is 0 Å². The first kappa shape index (κ1) is 32.5. The number of nitrogens with one attached hydrogen (secondary N) is 2. The summed E-state index contributed by atoms with van der Waals surface area (Å²) in [6, 6.07) is 38.0. The molecular weight excluding hydrogens is 548 g/mol. The number of alkyl carbamates (subject to hydrolysis) is 1. The highest BCUT2D eigenvalue weighted by Gasteiger charge is 2.33. The molecule has 3 atom stereocenters. The molecule has 3 N–H and O–H groups in total. The molecule has 6 nitrogen and oxygen atoms in total. The van der Waals surface area contributed by atoms with Crippen LogP contribution in [0.4, 0.5) is 4.79 Å². The lowest BCUT2D eigenvalue weighted by Gasteiger charge is -2.33. The highest BCUT2D eigenvalue weighted by Crippen LogP contribution is 2.19. The summed E-state index contributed by atoms with van der Waals surface area (Å²) in [6.45, 7) is 5.40. The van der Waals surface area contributed by atoms with Crippen LogP contribution in [0, 0.1) is 5.92 Å². The number of hydrogen-bond acceptors (Lipinski definition) is 4. The van der Waals surface area contributed by atoms with Gasteiger partial charge in [0, 0.05) is 5.92 Å². The van der Waals surface area contributed by atoms with Gasteiger partial charge in [-0.15, -0.1) is 0 Å². The van der Waals surface area contributed by atoms with Gasteiger partial charge in [-0.2, -0.15) is 0 Å². The molecule has 230 valence electrons.